The molecule has 0 unspecified atom stereocenters. The molecular formula is C15H21N5O. The summed E-state index contributed by atoms with van der Waals surface area (Å²) in [6.07, 6.45) is 5.65. The van der Waals surface area contributed by atoms with Crippen molar-refractivity contribution in [3.05, 3.63) is 45.4 Å². The molecule has 0 radical (unpaired) electrons. The second-order valence-corrected chi connectivity index (χ2v) is 5.85. The number of H-pyrrole nitrogens is 2. The van der Waals surface area contributed by atoms with E-state index >= 15 is 0 Å². The van der Waals surface area contributed by atoms with Gasteiger partial charge in [-0.3, -0.25) is 14.8 Å². The smallest absolute Gasteiger partial charge is 0.187 e. The number of piperidine rings is 1. The van der Waals surface area contributed by atoms with Crippen molar-refractivity contribution in [2.45, 2.75) is 39.2 Å². The van der Waals surface area contributed by atoms with E-state index in [2.05, 4.69) is 25.1 Å². The van der Waals surface area contributed by atoms with Crippen molar-refractivity contribution < 1.29 is 0 Å². The van der Waals surface area contributed by atoms with Gasteiger partial charge in [0.25, 0.3) is 0 Å². The molecule has 0 amide bonds. The van der Waals surface area contributed by atoms with Crippen LogP contribution in [0.25, 0.3) is 0 Å². The fourth-order valence-corrected chi connectivity index (χ4v) is 3.02. The Kier molecular flexibility index (Phi) is 3.88. The summed E-state index contributed by atoms with van der Waals surface area (Å²) in [6, 6.07) is 0. The molecule has 2 aromatic heterocycles. The van der Waals surface area contributed by atoms with E-state index in [4.69, 9.17) is 0 Å². The minimum absolute atomic E-state index is 0.146. The Morgan fingerprint density at radius 2 is 2.29 bits per heavy atom. The van der Waals surface area contributed by atoms with Crippen molar-refractivity contribution in [1.82, 2.24) is 25.1 Å². The monoisotopic (exact) mass is 287 g/mol. The van der Waals surface area contributed by atoms with E-state index < -0.39 is 0 Å². The highest BCUT2D eigenvalue weighted by Crippen LogP contribution is 2.24. The quantitative estimate of drug-likeness (QED) is 0.896. The molecule has 1 fully saturated rings. The Bertz CT molecular complexity index is 661. The third-order valence-electron chi connectivity index (χ3n) is 4.32. The van der Waals surface area contributed by atoms with Crippen molar-refractivity contribution in [3.8, 4) is 0 Å². The number of likely N-dealkylation sites (tertiary alicyclic amines) is 1. The molecule has 3 heterocycles. The fourth-order valence-electron chi connectivity index (χ4n) is 3.02. The van der Waals surface area contributed by atoms with Gasteiger partial charge in [-0.05, 0) is 33.2 Å². The van der Waals surface area contributed by atoms with E-state index in [0.29, 0.717) is 5.92 Å². The zero-order chi connectivity index (χ0) is 14.8. The lowest BCUT2D eigenvalue weighted by Crippen LogP contribution is -2.35. The summed E-state index contributed by atoms with van der Waals surface area (Å²) in [5.41, 5.74) is 2.77. The molecule has 21 heavy (non-hydrogen) atoms. The summed E-state index contributed by atoms with van der Waals surface area (Å²) in [6.45, 7) is 6.53. The predicted molar refractivity (Wildman–Crippen MR) is 80.2 cm³/mol. The van der Waals surface area contributed by atoms with E-state index in [0.717, 1.165) is 55.1 Å². The third kappa shape index (κ3) is 2.90. The van der Waals surface area contributed by atoms with Crippen LogP contribution in [-0.2, 0) is 6.54 Å². The molecular weight excluding hydrogens is 266 g/mol. The van der Waals surface area contributed by atoms with Gasteiger partial charge in [-0.25, -0.2) is 4.98 Å². The summed E-state index contributed by atoms with van der Waals surface area (Å²) in [7, 11) is 0. The maximum absolute atomic E-state index is 12.0. The molecule has 1 saturated heterocycles. The topological polar surface area (TPSA) is 77.7 Å². The van der Waals surface area contributed by atoms with Gasteiger partial charge in [-0.15, -0.1) is 0 Å². The van der Waals surface area contributed by atoms with Gasteiger partial charge in [-0.1, -0.05) is 0 Å². The zero-order valence-corrected chi connectivity index (χ0v) is 12.5. The Hall–Kier alpha value is -1.95. The van der Waals surface area contributed by atoms with Crippen LogP contribution in [0.4, 0.5) is 0 Å². The fraction of sp³-hybridized carbons (Fsp3) is 0.533. The highest BCUT2D eigenvalue weighted by molar-refractivity contribution is 5.23. The van der Waals surface area contributed by atoms with Crippen molar-refractivity contribution in [3.63, 3.8) is 0 Å². The summed E-state index contributed by atoms with van der Waals surface area (Å²) in [5.74, 6) is 1.37. The lowest BCUT2D eigenvalue weighted by molar-refractivity contribution is 0.194. The zero-order valence-electron chi connectivity index (χ0n) is 12.5. The maximum atomic E-state index is 12.0. The first kappa shape index (κ1) is 14.0. The van der Waals surface area contributed by atoms with Crippen molar-refractivity contribution in [2.75, 3.05) is 13.1 Å². The first-order valence-corrected chi connectivity index (χ1v) is 7.40. The largest absolute Gasteiger partial charge is 0.363 e. The normalized spacial score (nSPS) is 19.8. The number of hydrogen-bond donors (Lipinski definition) is 2. The van der Waals surface area contributed by atoms with Gasteiger partial charge in [0.05, 0.1) is 0 Å². The van der Waals surface area contributed by atoms with Gasteiger partial charge < -0.3 is 4.98 Å². The number of aryl methyl sites for hydroxylation is 1. The van der Waals surface area contributed by atoms with Gasteiger partial charge in [0.15, 0.2) is 5.43 Å². The van der Waals surface area contributed by atoms with Crippen LogP contribution in [0.3, 0.4) is 0 Å². The maximum Gasteiger partial charge on any atom is 0.187 e. The van der Waals surface area contributed by atoms with Crippen molar-refractivity contribution >= 4 is 0 Å². The molecule has 6 heteroatoms. The molecule has 0 aliphatic carbocycles. The van der Waals surface area contributed by atoms with Crippen LogP contribution in [0.1, 0.15) is 41.4 Å². The number of nitrogens with zero attached hydrogens (tertiary/aromatic N) is 3. The minimum Gasteiger partial charge on any atom is -0.363 e. The van der Waals surface area contributed by atoms with E-state index in [-0.39, 0.29) is 5.43 Å². The Morgan fingerprint density at radius 1 is 1.43 bits per heavy atom. The highest BCUT2D eigenvalue weighted by atomic mass is 16.1. The summed E-state index contributed by atoms with van der Waals surface area (Å²) < 4.78 is 0. The molecule has 1 aliphatic rings. The number of nitrogens with one attached hydrogen (secondary N) is 2. The molecule has 2 aromatic rings. The first-order valence-electron chi connectivity index (χ1n) is 7.40. The lowest BCUT2D eigenvalue weighted by Gasteiger charge is -2.31. The second kappa shape index (κ2) is 5.81. The number of pyridine rings is 1. The van der Waals surface area contributed by atoms with Crippen LogP contribution in [0, 0.1) is 13.8 Å². The Labute approximate surface area is 123 Å². The van der Waals surface area contributed by atoms with Crippen LogP contribution >= 0.6 is 0 Å². The van der Waals surface area contributed by atoms with Gasteiger partial charge in [0.2, 0.25) is 0 Å². The SMILES string of the molecule is Cc1c[nH]c(CN2CCC[C@H](c3ncn[nH]3)C2)c(C)c1=O. The van der Waals surface area contributed by atoms with Crippen molar-refractivity contribution in [2.24, 2.45) is 0 Å². The van der Waals surface area contributed by atoms with E-state index in [9.17, 15) is 4.79 Å². The van der Waals surface area contributed by atoms with Crippen LogP contribution < -0.4 is 5.43 Å². The first-order chi connectivity index (χ1) is 10.1. The standard InChI is InChI=1S/C15H21N5O/c1-10-6-16-13(11(2)14(10)21)8-20-5-3-4-12(7-20)15-17-9-18-19-15/h6,9,12H,3-5,7-8H2,1-2H3,(H,16,21)(H,17,18,19)/t12-/m0/s1. The molecule has 1 atom stereocenters. The number of aromatic nitrogens is 4. The summed E-state index contributed by atoms with van der Waals surface area (Å²) in [4.78, 5) is 21.9. The molecule has 112 valence electrons. The third-order valence-corrected chi connectivity index (χ3v) is 4.32. The molecule has 0 saturated carbocycles. The lowest BCUT2D eigenvalue weighted by atomic mass is 9.97. The predicted octanol–water partition coefficient (Wildman–Crippen LogP) is 1.49. The molecule has 6 nitrogen and oxygen atoms in total. The van der Waals surface area contributed by atoms with Crippen LogP contribution in [0.15, 0.2) is 17.3 Å². The molecule has 0 aromatic carbocycles. The molecule has 2 N–H and O–H groups in total. The minimum atomic E-state index is 0.146. The van der Waals surface area contributed by atoms with E-state index in [1.165, 1.54) is 0 Å². The molecule has 3 rings (SSSR count). The van der Waals surface area contributed by atoms with E-state index in [1.807, 2.05) is 20.0 Å². The van der Waals surface area contributed by atoms with Gasteiger partial charge >= 0.3 is 0 Å². The number of aromatic amines is 2. The molecule has 0 spiro atoms. The Morgan fingerprint density at radius 3 is 3.05 bits per heavy atom. The molecule has 0 bridgehead atoms. The number of rotatable bonds is 3. The van der Waals surface area contributed by atoms with Crippen LogP contribution in [0.5, 0.6) is 0 Å². The van der Waals surface area contributed by atoms with Crippen LogP contribution in [0.2, 0.25) is 0 Å². The van der Waals surface area contributed by atoms with Gasteiger partial charge in [0.1, 0.15) is 12.2 Å². The average Bonchev–Trinajstić information content (AvgIpc) is 3.03. The average molecular weight is 287 g/mol. The summed E-state index contributed by atoms with van der Waals surface area (Å²) >= 11 is 0. The molecule has 1 aliphatic heterocycles. The van der Waals surface area contributed by atoms with Gasteiger partial charge in [0, 0.05) is 42.0 Å². The number of hydrogen-bond acceptors (Lipinski definition) is 4. The van der Waals surface area contributed by atoms with E-state index in [1.54, 1.807) is 6.33 Å². The second-order valence-electron chi connectivity index (χ2n) is 5.85. The summed E-state index contributed by atoms with van der Waals surface area (Å²) in [5, 5.41) is 6.91. The Balaban J connectivity index is 1.73. The van der Waals surface area contributed by atoms with Crippen LogP contribution in [-0.4, -0.2) is 38.2 Å². The van der Waals surface area contributed by atoms with Crippen molar-refractivity contribution in [1.29, 1.82) is 0 Å². The van der Waals surface area contributed by atoms with Gasteiger partial charge in [-0.2, -0.15) is 5.10 Å². The highest BCUT2D eigenvalue weighted by Gasteiger charge is 2.24.